The topological polar surface area (TPSA) is 36.9 Å². The zero-order valence-corrected chi connectivity index (χ0v) is 14.2. The first kappa shape index (κ1) is 15.6. The molecule has 2 heterocycles. The van der Waals surface area contributed by atoms with Crippen molar-refractivity contribution in [2.75, 3.05) is 26.4 Å². The lowest BCUT2D eigenvalue weighted by molar-refractivity contribution is 0.143. The van der Waals surface area contributed by atoms with Gasteiger partial charge in [-0.05, 0) is 52.4 Å². The molecule has 0 atom stereocenters. The molecule has 0 radical (unpaired) electrons. The fourth-order valence-corrected chi connectivity index (χ4v) is 3.90. The molecule has 0 spiro atoms. The Morgan fingerprint density at radius 1 is 0.600 bits per heavy atom. The molecule has 0 saturated carbocycles. The lowest BCUT2D eigenvalue weighted by atomic mass is 9.76. The Balaban J connectivity index is 1.42. The van der Waals surface area contributed by atoms with Crippen LogP contribution in [0.15, 0.2) is 36.4 Å². The van der Waals surface area contributed by atoms with Crippen molar-refractivity contribution in [2.45, 2.75) is 19.3 Å². The van der Waals surface area contributed by atoms with Crippen LogP contribution in [0.2, 0.25) is 0 Å². The molecule has 25 heavy (non-hydrogen) atoms. The first-order valence-corrected chi connectivity index (χ1v) is 9.11. The molecule has 3 aliphatic rings. The van der Waals surface area contributed by atoms with Gasteiger partial charge in [-0.15, -0.1) is 0 Å². The molecule has 2 fully saturated rings. The van der Waals surface area contributed by atoms with Gasteiger partial charge in [-0.3, -0.25) is 0 Å². The number of fused-ring (bicyclic) bond motifs is 3. The predicted molar refractivity (Wildman–Crippen MR) is 98.5 cm³/mol. The summed E-state index contributed by atoms with van der Waals surface area (Å²) in [4.78, 5) is 0. The van der Waals surface area contributed by atoms with Crippen LogP contribution in [0.4, 0.5) is 0 Å². The minimum atomic E-state index is -0.220. The van der Waals surface area contributed by atoms with Gasteiger partial charge in [0.15, 0.2) is 0 Å². The Morgan fingerprint density at radius 3 is 1.48 bits per heavy atom. The molecule has 0 aromatic heterocycles. The summed E-state index contributed by atoms with van der Waals surface area (Å²) in [6, 6.07) is 13.1. The van der Waals surface area contributed by atoms with Crippen LogP contribution in [0.25, 0.3) is 11.1 Å². The molecular formula is C19H20B2O4. The highest BCUT2D eigenvalue weighted by atomic mass is 16.6. The second kappa shape index (κ2) is 6.61. The van der Waals surface area contributed by atoms with E-state index in [2.05, 4.69) is 36.4 Å². The number of hydrogen-bond acceptors (Lipinski definition) is 4. The highest BCUT2D eigenvalue weighted by molar-refractivity contribution is 6.62. The van der Waals surface area contributed by atoms with Gasteiger partial charge in [0.1, 0.15) is 0 Å². The van der Waals surface area contributed by atoms with E-state index in [0.717, 1.165) is 56.6 Å². The molecule has 2 aliphatic heterocycles. The van der Waals surface area contributed by atoms with E-state index >= 15 is 0 Å². The third-order valence-corrected chi connectivity index (χ3v) is 5.13. The van der Waals surface area contributed by atoms with E-state index in [4.69, 9.17) is 18.6 Å². The van der Waals surface area contributed by atoms with Crippen LogP contribution in [0.5, 0.6) is 0 Å². The fraction of sp³-hybridized carbons (Fsp3) is 0.368. The molecule has 0 amide bonds. The third kappa shape index (κ3) is 2.93. The van der Waals surface area contributed by atoms with Gasteiger partial charge >= 0.3 is 14.2 Å². The van der Waals surface area contributed by atoms with E-state index in [1.54, 1.807) is 0 Å². The molecular weight excluding hydrogens is 314 g/mol. The fourth-order valence-electron chi connectivity index (χ4n) is 3.90. The maximum absolute atomic E-state index is 5.74. The molecule has 0 N–H and O–H groups in total. The van der Waals surface area contributed by atoms with Gasteiger partial charge in [0.25, 0.3) is 0 Å². The minimum absolute atomic E-state index is 0.220. The summed E-state index contributed by atoms with van der Waals surface area (Å²) in [6.07, 6.45) is 2.88. The number of benzene rings is 2. The van der Waals surface area contributed by atoms with Crippen LogP contribution in [-0.2, 0) is 25.0 Å². The summed E-state index contributed by atoms with van der Waals surface area (Å²) in [5, 5.41) is 0. The summed E-state index contributed by atoms with van der Waals surface area (Å²) in [5.74, 6) is 0. The van der Waals surface area contributed by atoms with Crippen LogP contribution < -0.4 is 10.9 Å². The normalized spacial score (nSPS) is 19.7. The summed E-state index contributed by atoms with van der Waals surface area (Å²) < 4.78 is 23.0. The van der Waals surface area contributed by atoms with Crippen molar-refractivity contribution in [3.05, 3.63) is 47.5 Å². The summed E-state index contributed by atoms with van der Waals surface area (Å²) >= 11 is 0. The lowest BCUT2D eigenvalue weighted by Gasteiger charge is -2.20. The van der Waals surface area contributed by atoms with E-state index in [0.29, 0.717) is 0 Å². The van der Waals surface area contributed by atoms with Crippen molar-refractivity contribution >= 4 is 25.2 Å². The first-order valence-electron chi connectivity index (χ1n) is 9.11. The SMILES string of the molecule is c1cc2c(cc1B1OCCCO1)Cc1cc(B3OCCCO3)ccc1-2. The highest BCUT2D eigenvalue weighted by Gasteiger charge is 2.29. The Hall–Kier alpha value is -1.59. The van der Waals surface area contributed by atoms with Crippen LogP contribution >= 0.6 is 0 Å². The van der Waals surface area contributed by atoms with Crippen molar-refractivity contribution in [2.24, 2.45) is 0 Å². The van der Waals surface area contributed by atoms with Gasteiger partial charge in [-0.1, -0.05) is 36.4 Å². The molecule has 2 saturated heterocycles. The monoisotopic (exact) mass is 334 g/mol. The molecule has 6 heteroatoms. The molecule has 1 aliphatic carbocycles. The molecule has 5 rings (SSSR count). The largest absolute Gasteiger partial charge is 0.493 e. The van der Waals surface area contributed by atoms with Crippen molar-refractivity contribution in [1.82, 2.24) is 0 Å². The Labute approximate surface area is 148 Å². The van der Waals surface area contributed by atoms with Crippen molar-refractivity contribution in [3.8, 4) is 11.1 Å². The molecule has 4 nitrogen and oxygen atoms in total. The Bertz CT molecular complexity index is 717. The van der Waals surface area contributed by atoms with Gasteiger partial charge in [0, 0.05) is 26.4 Å². The maximum Gasteiger partial charge on any atom is 0.493 e. The predicted octanol–water partition coefficient (Wildman–Crippen LogP) is 1.52. The Kier molecular flexibility index (Phi) is 4.14. The van der Waals surface area contributed by atoms with Gasteiger partial charge < -0.3 is 18.6 Å². The molecule has 2 aromatic rings. The highest BCUT2D eigenvalue weighted by Crippen LogP contribution is 2.35. The van der Waals surface area contributed by atoms with E-state index in [1.807, 2.05) is 0 Å². The van der Waals surface area contributed by atoms with Crippen LogP contribution in [0, 0.1) is 0 Å². The van der Waals surface area contributed by atoms with E-state index in [-0.39, 0.29) is 14.2 Å². The van der Waals surface area contributed by atoms with Gasteiger partial charge in [-0.2, -0.15) is 0 Å². The molecule has 126 valence electrons. The first-order chi connectivity index (χ1) is 12.4. The zero-order valence-electron chi connectivity index (χ0n) is 14.2. The van der Waals surface area contributed by atoms with Crippen molar-refractivity contribution in [3.63, 3.8) is 0 Å². The zero-order chi connectivity index (χ0) is 16.6. The van der Waals surface area contributed by atoms with Crippen molar-refractivity contribution in [1.29, 1.82) is 0 Å². The van der Waals surface area contributed by atoms with Crippen LogP contribution in [0.1, 0.15) is 24.0 Å². The number of rotatable bonds is 2. The molecule has 0 unspecified atom stereocenters. The van der Waals surface area contributed by atoms with E-state index < -0.39 is 0 Å². The Morgan fingerprint density at radius 2 is 1.04 bits per heavy atom. The lowest BCUT2D eigenvalue weighted by Crippen LogP contribution is -2.41. The maximum atomic E-state index is 5.74. The van der Waals surface area contributed by atoms with Crippen LogP contribution in [0.3, 0.4) is 0 Å². The molecule has 0 bridgehead atoms. The smallest absolute Gasteiger partial charge is 0.407 e. The molecule has 2 aromatic carbocycles. The van der Waals surface area contributed by atoms with Crippen LogP contribution in [-0.4, -0.2) is 40.7 Å². The second-order valence-electron chi connectivity index (χ2n) is 6.86. The minimum Gasteiger partial charge on any atom is -0.407 e. The second-order valence-corrected chi connectivity index (χ2v) is 6.86. The summed E-state index contributed by atoms with van der Waals surface area (Å²) in [6.45, 7) is 3.08. The number of hydrogen-bond donors (Lipinski definition) is 0. The third-order valence-electron chi connectivity index (χ3n) is 5.13. The van der Waals surface area contributed by atoms with E-state index in [9.17, 15) is 0 Å². The quantitative estimate of drug-likeness (QED) is 0.666. The average molecular weight is 334 g/mol. The van der Waals surface area contributed by atoms with Gasteiger partial charge in [0.2, 0.25) is 0 Å². The van der Waals surface area contributed by atoms with Crippen molar-refractivity contribution < 1.29 is 18.6 Å². The summed E-state index contributed by atoms with van der Waals surface area (Å²) in [7, 11) is -0.440. The summed E-state index contributed by atoms with van der Waals surface area (Å²) in [5.41, 5.74) is 7.54. The van der Waals surface area contributed by atoms with E-state index in [1.165, 1.54) is 22.3 Å². The van der Waals surface area contributed by atoms with Gasteiger partial charge in [0.05, 0.1) is 0 Å². The average Bonchev–Trinajstić information content (AvgIpc) is 3.06. The van der Waals surface area contributed by atoms with Gasteiger partial charge in [-0.25, -0.2) is 0 Å². The standard InChI is InChI=1S/C19H20B2O4/c1-7-22-20(23-8-1)16-3-5-18-14(12-16)11-15-13-17(4-6-19(15)18)21-24-9-2-10-25-21/h3-6,12-13H,1-2,7-11H2.